The Bertz CT molecular complexity index is 1040. The maximum atomic E-state index is 12.1. The zero-order valence-electron chi connectivity index (χ0n) is 16.0. The third-order valence-electron chi connectivity index (χ3n) is 4.99. The van der Waals surface area contributed by atoms with E-state index in [9.17, 15) is 9.59 Å². The van der Waals surface area contributed by atoms with Crippen LogP contribution in [0.1, 0.15) is 29.8 Å². The second-order valence-electron chi connectivity index (χ2n) is 7.18. The quantitative estimate of drug-likeness (QED) is 0.633. The number of hydrogen-bond donors (Lipinski definition) is 2. The molecule has 0 saturated heterocycles. The third-order valence-corrected chi connectivity index (χ3v) is 4.99. The first-order valence-electron chi connectivity index (χ1n) is 9.50. The van der Waals surface area contributed by atoms with Crippen LogP contribution >= 0.6 is 0 Å². The lowest BCUT2D eigenvalue weighted by Gasteiger charge is -2.14. The number of nitrogens with one attached hydrogen (secondary N) is 2. The fraction of sp³-hybridized carbons (Fsp3) is 0.368. The van der Waals surface area contributed by atoms with Gasteiger partial charge < -0.3 is 10.6 Å². The number of aryl methyl sites for hydroxylation is 1. The van der Waals surface area contributed by atoms with Gasteiger partial charge in [0.2, 0.25) is 0 Å². The van der Waals surface area contributed by atoms with E-state index in [1.54, 1.807) is 31.7 Å². The van der Waals surface area contributed by atoms with E-state index >= 15 is 0 Å². The fourth-order valence-corrected chi connectivity index (χ4v) is 3.53. The van der Waals surface area contributed by atoms with Crippen LogP contribution in [0.15, 0.2) is 47.7 Å². The summed E-state index contributed by atoms with van der Waals surface area (Å²) in [5, 5.41) is 18.0. The van der Waals surface area contributed by atoms with Crippen LogP contribution < -0.4 is 16.2 Å². The molecule has 0 aromatic carbocycles. The first-order valence-corrected chi connectivity index (χ1v) is 9.50. The summed E-state index contributed by atoms with van der Waals surface area (Å²) >= 11 is 0. The molecule has 0 unspecified atom stereocenters. The molecule has 4 rings (SSSR count). The van der Waals surface area contributed by atoms with Crippen molar-refractivity contribution in [2.24, 2.45) is 13.0 Å². The van der Waals surface area contributed by atoms with E-state index in [-0.39, 0.29) is 11.5 Å². The van der Waals surface area contributed by atoms with Gasteiger partial charge in [-0.1, -0.05) is 5.21 Å². The first-order chi connectivity index (χ1) is 14.1. The summed E-state index contributed by atoms with van der Waals surface area (Å²) in [5.74, 6) is 0.961. The highest BCUT2D eigenvalue weighted by Gasteiger charge is 2.25. The van der Waals surface area contributed by atoms with Gasteiger partial charge in [0.15, 0.2) is 5.69 Å². The summed E-state index contributed by atoms with van der Waals surface area (Å²) in [6.07, 6.45) is 7.78. The molecule has 2 atom stereocenters. The average Bonchev–Trinajstić information content (AvgIpc) is 3.36. The number of pyridine rings is 1. The van der Waals surface area contributed by atoms with Gasteiger partial charge >= 0.3 is 0 Å². The normalized spacial score (nSPS) is 18.5. The molecule has 1 saturated carbocycles. The van der Waals surface area contributed by atoms with Gasteiger partial charge in [-0.15, -0.1) is 5.10 Å². The lowest BCUT2D eigenvalue weighted by Crippen LogP contribution is -2.29. The largest absolute Gasteiger partial charge is 0.367 e. The number of nitrogens with zero attached hydrogens (tertiary/aromatic N) is 6. The van der Waals surface area contributed by atoms with Crippen molar-refractivity contribution in [3.63, 3.8) is 0 Å². The summed E-state index contributed by atoms with van der Waals surface area (Å²) in [6.45, 7) is 0.614. The molecule has 29 heavy (non-hydrogen) atoms. The van der Waals surface area contributed by atoms with E-state index in [0.29, 0.717) is 29.9 Å². The Morgan fingerprint density at radius 3 is 2.90 bits per heavy atom. The monoisotopic (exact) mass is 394 g/mol. The van der Waals surface area contributed by atoms with Gasteiger partial charge in [-0.05, 0) is 43.4 Å². The van der Waals surface area contributed by atoms with E-state index in [1.807, 2.05) is 12.1 Å². The Kier molecular flexibility index (Phi) is 5.32. The van der Waals surface area contributed by atoms with E-state index in [4.69, 9.17) is 0 Å². The number of carbonyl (C=O) groups excluding carboxylic acids is 1. The van der Waals surface area contributed by atoms with Gasteiger partial charge in [0, 0.05) is 31.9 Å². The van der Waals surface area contributed by atoms with Crippen LogP contribution in [0.2, 0.25) is 0 Å². The van der Waals surface area contributed by atoms with Crippen LogP contribution in [0.4, 0.5) is 5.82 Å². The van der Waals surface area contributed by atoms with Gasteiger partial charge in [0.1, 0.15) is 5.82 Å². The van der Waals surface area contributed by atoms with Crippen LogP contribution in [0.3, 0.4) is 0 Å². The summed E-state index contributed by atoms with van der Waals surface area (Å²) < 4.78 is 2.81. The highest BCUT2D eigenvalue weighted by molar-refractivity contribution is 5.91. The SMILES string of the molecule is Cn1cc(C(=O)NC[C@@H]2CC[C@H](Nc3ccc(-n4ncccc4=O)cn3)C2)nn1. The van der Waals surface area contributed by atoms with Crippen molar-refractivity contribution in [2.45, 2.75) is 25.3 Å². The number of amides is 1. The molecule has 1 aliphatic carbocycles. The van der Waals surface area contributed by atoms with Crippen molar-refractivity contribution in [3.05, 3.63) is 58.9 Å². The van der Waals surface area contributed by atoms with E-state index in [1.165, 1.54) is 15.4 Å². The third kappa shape index (κ3) is 4.48. The molecule has 10 heteroatoms. The topological polar surface area (TPSA) is 120 Å². The smallest absolute Gasteiger partial charge is 0.273 e. The fourth-order valence-electron chi connectivity index (χ4n) is 3.53. The van der Waals surface area contributed by atoms with Crippen LogP contribution in [0, 0.1) is 5.92 Å². The maximum absolute atomic E-state index is 12.1. The van der Waals surface area contributed by atoms with Crippen LogP contribution in [-0.2, 0) is 7.05 Å². The Balaban J connectivity index is 1.28. The molecular formula is C19H22N8O2. The summed E-state index contributed by atoms with van der Waals surface area (Å²) in [4.78, 5) is 28.3. The molecule has 0 aliphatic heterocycles. The molecule has 0 bridgehead atoms. The van der Waals surface area contributed by atoms with Crippen molar-refractivity contribution < 1.29 is 4.79 Å². The highest BCUT2D eigenvalue weighted by Crippen LogP contribution is 2.27. The molecule has 1 amide bonds. The number of hydrogen-bond acceptors (Lipinski definition) is 7. The molecule has 2 N–H and O–H groups in total. The molecule has 1 aliphatic rings. The predicted molar refractivity (Wildman–Crippen MR) is 106 cm³/mol. The molecule has 3 aromatic heterocycles. The number of carbonyl (C=O) groups is 1. The molecular weight excluding hydrogens is 372 g/mol. The zero-order chi connectivity index (χ0) is 20.2. The van der Waals surface area contributed by atoms with Gasteiger partial charge in [-0.3, -0.25) is 14.3 Å². The van der Waals surface area contributed by atoms with Gasteiger partial charge in [0.05, 0.1) is 18.1 Å². The Morgan fingerprint density at radius 1 is 1.28 bits per heavy atom. The zero-order valence-corrected chi connectivity index (χ0v) is 16.0. The Morgan fingerprint density at radius 2 is 2.17 bits per heavy atom. The number of rotatable bonds is 6. The minimum absolute atomic E-state index is 0.197. The second kappa shape index (κ2) is 8.21. The van der Waals surface area contributed by atoms with Crippen LogP contribution in [0.5, 0.6) is 0 Å². The molecule has 0 radical (unpaired) electrons. The van der Waals surface area contributed by atoms with E-state index in [0.717, 1.165) is 25.1 Å². The lowest BCUT2D eigenvalue weighted by molar-refractivity contribution is 0.0942. The summed E-state index contributed by atoms with van der Waals surface area (Å²) in [6, 6.07) is 7.02. The van der Waals surface area contributed by atoms with Gasteiger partial charge in [0.25, 0.3) is 11.5 Å². The van der Waals surface area contributed by atoms with Gasteiger partial charge in [-0.25, -0.2) is 4.98 Å². The van der Waals surface area contributed by atoms with Gasteiger partial charge in [-0.2, -0.15) is 9.78 Å². The van der Waals surface area contributed by atoms with Crippen molar-refractivity contribution in [1.29, 1.82) is 0 Å². The Labute approximate surface area is 167 Å². The minimum atomic E-state index is -0.198. The predicted octanol–water partition coefficient (Wildman–Crippen LogP) is 0.767. The molecule has 10 nitrogen and oxygen atoms in total. The minimum Gasteiger partial charge on any atom is -0.367 e. The van der Waals surface area contributed by atoms with Crippen molar-refractivity contribution in [2.75, 3.05) is 11.9 Å². The van der Waals surface area contributed by atoms with Crippen molar-refractivity contribution in [1.82, 2.24) is 35.1 Å². The second-order valence-corrected chi connectivity index (χ2v) is 7.18. The summed E-state index contributed by atoms with van der Waals surface area (Å²) in [5.41, 5.74) is 0.755. The lowest BCUT2D eigenvalue weighted by atomic mass is 10.1. The Hall–Kier alpha value is -3.56. The number of anilines is 1. The highest BCUT2D eigenvalue weighted by atomic mass is 16.2. The van der Waals surface area contributed by atoms with E-state index in [2.05, 4.69) is 31.0 Å². The van der Waals surface area contributed by atoms with E-state index < -0.39 is 0 Å². The van der Waals surface area contributed by atoms with Crippen LogP contribution in [-0.4, -0.2) is 48.3 Å². The van der Waals surface area contributed by atoms with Crippen molar-refractivity contribution in [3.8, 4) is 5.69 Å². The molecule has 1 fully saturated rings. The van der Waals surface area contributed by atoms with Crippen molar-refractivity contribution >= 4 is 11.7 Å². The van der Waals surface area contributed by atoms with Crippen LogP contribution in [0.25, 0.3) is 5.69 Å². The standard InChI is InChI=1S/C19H22N8O2/c1-26-12-16(24-25-26)19(29)21-10-13-4-5-14(9-13)23-17-7-6-15(11-20-17)27-18(28)3-2-8-22-27/h2-3,6-8,11-14H,4-5,9-10H2,1H3,(H,20,23)(H,21,29)/t13-,14+/m1/s1. The molecule has 3 heterocycles. The maximum Gasteiger partial charge on any atom is 0.273 e. The number of aromatic nitrogens is 6. The summed E-state index contributed by atoms with van der Waals surface area (Å²) in [7, 11) is 1.73. The molecule has 150 valence electrons. The average molecular weight is 394 g/mol. The molecule has 0 spiro atoms. The molecule has 3 aromatic rings. The first kappa shape index (κ1) is 18.8.